The molecule has 0 aromatic heterocycles. The van der Waals surface area contributed by atoms with Crippen LogP contribution in [0.2, 0.25) is 13.3 Å². The third kappa shape index (κ3) is 10.3. The van der Waals surface area contributed by atoms with Gasteiger partial charge < -0.3 is 0 Å². The Labute approximate surface area is 203 Å². The summed E-state index contributed by atoms with van der Waals surface area (Å²) in [6.45, 7) is 8.81. The molecule has 1 aliphatic rings. The summed E-state index contributed by atoms with van der Waals surface area (Å²) in [5.41, 5.74) is 0. The summed E-state index contributed by atoms with van der Waals surface area (Å²) in [4.78, 5) is 0. The zero-order valence-electron chi connectivity index (χ0n) is 20.4. The molecule has 1 aromatic carbocycles. The zero-order chi connectivity index (χ0) is 22.2. The molecule has 0 amide bonds. The molecule has 0 saturated carbocycles. The number of ether oxygens (including phenoxy) is 2. The van der Waals surface area contributed by atoms with E-state index in [0.29, 0.717) is 15.0 Å². The first kappa shape index (κ1) is 27.4. The molecule has 0 aliphatic carbocycles. The van der Waals surface area contributed by atoms with Gasteiger partial charge in [0.25, 0.3) is 0 Å². The molecule has 1 atom stereocenters. The van der Waals surface area contributed by atoms with Crippen LogP contribution in [0.4, 0.5) is 0 Å². The van der Waals surface area contributed by atoms with Crippen molar-refractivity contribution in [2.24, 2.45) is 0 Å². The Kier molecular flexibility index (Phi) is 14.8. The van der Waals surface area contributed by atoms with E-state index in [1.165, 1.54) is 51.4 Å². The second kappa shape index (κ2) is 16.8. The van der Waals surface area contributed by atoms with E-state index in [0.717, 1.165) is 26.1 Å². The van der Waals surface area contributed by atoms with Gasteiger partial charge in [0, 0.05) is 0 Å². The van der Waals surface area contributed by atoms with Crippen LogP contribution in [-0.4, -0.2) is 52.8 Å². The topological polar surface area (TPSA) is 18.5 Å². The van der Waals surface area contributed by atoms with Crippen LogP contribution in [0, 0.1) is 0 Å². The molecular weight excluding hydrogens is 554 g/mol. The molecule has 0 bridgehead atoms. The van der Waals surface area contributed by atoms with Crippen molar-refractivity contribution < 1.29 is 9.47 Å². The van der Waals surface area contributed by atoms with Crippen LogP contribution in [0.25, 0.3) is 0 Å². The summed E-state index contributed by atoms with van der Waals surface area (Å²) in [5, 5.41) is 0. The maximum atomic E-state index is 6.10. The van der Waals surface area contributed by atoms with Gasteiger partial charge in [-0.3, -0.25) is 0 Å². The fourth-order valence-electron chi connectivity index (χ4n) is 4.50. The molecular formula is C27H46O2SeSn. The van der Waals surface area contributed by atoms with Gasteiger partial charge in [-0.15, -0.1) is 0 Å². The first-order chi connectivity index (χ1) is 15.2. The minimum atomic E-state index is -2.40. The van der Waals surface area contributed by atoms with Gasteiger partial charge in [-0.2, -0.15) is 0 Å². The SMILES string of the molecule is CCC[CH2][Sn]([CH2]CCC)([CH2]CCC)/[C](=C\CCOC1CCCCO1)[Se]c1ccccc1. The standard InChI is InChI=1S/C15H19O2Se.3C4H9.Sn/c1-2-8-14(9-3-1)18-13-7-6-12-17-15-10-4-5-11-16-15;3*1-3-4-2;/h1-3,7-9,15H,4-6,10-12H2;3*1,3-4H2,2H3;. The van der Waals surface area contributed by atoms with Crippen molar-refractivity contribution >= 4 is 37.8 Å². The van der Waals surface area contributed by atoms with Crippen LogP contribution in [0.15, 0.2) is 38.9 Å². The van der Waals surface area contributed by atoms with Gasteiger partial charge in [0.2, 0.25) is 0 Å². The maximum absolute atomic E-state index is 6.10. The Morgan fingerprint density at radius 1 is 1.00 bits per heavy atom. The Hall–Kier alpha value is 0.198. The number of hydrogen-bond donors (Lipinski definition) is 0. The summed E-state index contributed by atoms with van der Waals surface area (Å²) in [6, 6.07) is 11.3. The average Bonchev–Trinajstić information content (AvgIpc) is 2.82. The molecule has 1 unspecified atom stereocenters. The van der Waals surface area contributed by atoms with Crippen molar-refractivity contribution in [3.8, 4) is 0 Å². The fraction of sp³-hybridized carbons (Fsp3) is 0.704. The summed E-state index contributed by atoms with van der Waals surface area (Å²) in [5.74, 6) is 0. The van der Waals surface area contributed by atoms with Crippen LogP contribution in [0.3, 0.4) is 0 Å². The average molecular weight is 600 g/mol. The van der Waals surface area contributed by atoms with E-state index in [-0.39, 0.29) is 6.29 Å². The molecule has 4 heteroatoms. The third-order valence-corrected chi connectivity index (χ3v) is 30.7. The molecule has 0 radical (unpaired) electrons. The fourth-order valence-corrected chi connectivity index (χ4v) is 30.5. The van der Waals surface area contributed by atoms with Crippen molar-refractivity contribution in [1.82, 2.24) is 0 Å². The van der Waals surface area contributed by atoms with E-state index in [1.54, 1.807) is 17.8 Å². The molecule has 0 N–H and O–H groups in total. The second-order valence-electron chi connectivity index (χ2n) is 9.03. The van der Waals surface area contributed by atoms with Crippen LogP contribution in [0.5, 0.6) is 0 Å². The summed E-state index contributed by atoms with van der Waals surface area (Å²) < 4.78 is 20.0. The molecule has 1 heterocycles. The Balaban J connectivity index is 2.20. The number of hydrogen-bond acceptors (Lipinski definition) is 2. The molecule has 1 fully saturated rings. The Bertz CT molecular complexity index is 577. The summed E-state index contributed by atoms with van der Waals surface area (Å²) >= 11 is -1.92. The van der Waals surface area contributed by atoms with Crippen LogP contribution < -0.4 is 4.46 Å². The predicted octanol–water partition coefficient (Wildman–Crippen LogP) is 7.22. The normalized spacial score (nSPS) is 17.8. The molecule has 1 aromatic rings. The molecule has 2 rings (SSSR count). The quantitative estimate of drug-likeness (QED) is 0.147. The molecule has 31 heavy (non-hydrogen) atoms. The van der Waals surface area contributed by atoms with Crippen molar-refractivity contribution in [3.63, 3.8) is 0 Å². The number of unbranched alkanes of at least 4 members (excludes halogenated alkanes) is 3. The van der Waals surface area contributed by atoms with Gasteiger partial charge in [-0.1, -0.05) is 0 Å². The van der Waals surface area contributed by atoms with E-state index >= 15 is 0 Å². The van der Waals surface area contributed by atoms with E-state index in [2.05, 4.69) is 57.2 Å². The van der Waals surface area contributed by atoms with E-state index in [1.807, 2.05) is 2.49 Å². The second-order valence-corrected chi connectivity index (χ2v) is 26.8. The molecule has 1 aliphatic heterocycles. The summed E-state index contributed by atoms with van der Waals surface area (Å²) in [6.07, 6.45) is 15.6. The first-order valence-electron chi connectivity index (χ1n) is 12.9. The van der Waals surface area contributed by atoms with Gasteiger partial charge in [-0.05, 0) is 0 Å². The zero-order valence-corrected chi connectivity index (χ0v) is 24.9. The monoisotopic (exact) mass is 602 g/mol. The molecule has 1 saturated heterocycles. The van der Waals surface area contributed by atoms with E-state index in [9.17, 15) is 0 Å². The first-order valence-corrected chi connectivity index (χ1v) is 22.1. The van der Waals surface area contributed by atoms with Gasteiger partial charge >= 0.3 is 204 Å². The molecule has 2 nitrogen and oxygen atoms in total. The van der Waals surface area contributed by atoms with Crippen LogP contribution in [-0.2, 0) is 9.47 Å². The van der Waals surface area contributed by atoms with Crippen molar-refractivity contribution in [2.75, 3.05) is 13.2 Å². The minimum absolute atomic E-state index is 0.0405. The van der Waals surface area contributed by atoms with Crippen molar-refractivity contribution in [1.29, 1.82) is 0 Å². The number of benzene rings is 1. The van der Waals surface area contributed by atoms with Gasteiger partial charge in [0.15, 0.2) is 0 Å². The van der Waals surface area contributed by atoms with Crippen molar-refractivity contribution in [3.05, 3.63) is 38.9 Å². The van der Waals surface area contributed by atoms with Gasteiger partial charge in [-0.25, -0.2) is 0 Å². The molecule has 176 valence electrons. The van der Waals surface area contributed by atoms with Crippen LogP contribution in [0.1, 0.15) is 85.0 Å². The van der Waals surface area contributed by atoms with E-state index < -0.39 is 18.4 Å². The third-order valence-electron chi connectivity index (χ3n) is 6.41. The van der Waals surface area contributed by atoms with Gasteiger partial charge in [0.1, 0.15) is 0 Å². The Morgan fingerprint density at radius 2 is 1.65 bits per heavy atom. The van der Waals surface area contributed by atoms with Gasteiger partial charge in [0.05, 0.1) is 0 Å². The number of rotatable bonds is 16. The van der Waals surface area contributed by atoms with E-state index in [4.69, 9.17) is 9.47 Å². The summed E-state index contributed by atoms with van der Waals surface area (Å²) in [7, 11) is 0. The predicted molar refractivity (Wildman–Crippen MR) is 139 cm³/mol. The Morgan fingerprint density at radius 3 is 2.19 bits per heavy atom. The van der Waals surface area contributed by atoms with Crippen molar-refractivity contribution in [2.45, 2.75) is 105 Å². The molecule has 0 spiro atoms. The van der Waals surface area contributed by atoms with Crippen LogP contribution >= 0.6 is 0 Å².